The number of carboxylic acid groups (broad SMARTS) is 1. The van der Waals surface area contributed by atoms with Crippen molar-refractivity contribution in [2.75, 3.05) is 5.32 Å². The van der Waals surface area contributed by atoms with Crippen molar-refractivity contribution in [1.82, 2.24) is 9.55 Å². The summed E-state index contributed by atoms with van der Waals surface area (Å²) < 4.78 is 29.8. The minimum Gasteiger partial charge on any atom is -0.478 e. The van der Waals surface area contributed by atoms with E-state index in [0.29, 0.717) is 11.6 Å². The molecule has 0 bridgehead atoms. The molecule has 5 rings (SSSR count). The van der Waals surface area contributed by atoms with Crippen LogP contribution in [0.25, 0.3) is 10.9 Å². The highest BCUT2D eigenvalue weighted by Crippen LogP contribution is 2.40. The van der Waals surface area contributed by atoms with Crippen molar-refractivity contribution in [3.05, 3.63) is 89.2 Å². The van der Waals surface area contributed by atoms with Crippen LogP contribution in [-0.4, -0.2) is 20.6 Å². The number of nitrogens with one attached hydrogen (secondary N) is 1. The first kappa shape index (κ1) is 19.2. The molecule has 2 heterocycles. The fourth-order valence-electron chi connectivity index (χ4n) is 3.79. The number of anilines is 2. The summed E-state index contributed by atoms with van der Waals surface area (Å²) in [5.74, 6) is -1.50. The third-order valence-corrected chi connectivity index (χ3v) is 5.61. The molecule has 2 N–H and O–H groups in total. The van der Waals surface area contributed by atoms with Crippen molar-refractivity contribution in [2.45, 2.75) is 25.3 Å². The first-order chi connectivity index (χ1) is 15.0. The topological polar surface area (TPSA) is 67.2 Å². The molecule has 156 valence electrons. The number of hydrogen-bond donors (Lipinski definition) is 2. The predicted octanol–water partition coefficient (Wildman–Crippen LogP) is 5.68. The zero-order valence-electron chi connectivity index (χ0n) is 16.5. The van der Waals surface area contributed by atoms with Crippen LogP contribution in [0.4, 0.5) is 20.3 Å². The average molecular weight is 419 g/mol. The number of halogens is 2. The highest BCUT2D eigenvalue weighted by atomic mass is 19.1. The van der Waals surface area contributed by atoms with Gasteiger partial charge in [0.2, 0.25) is 0 Å². The van der Waals surface area contributed by atoms with Gasteiger partial charge in [-0.15, -0.1) is 0 Å². The Kier molecular flexibility index (Phi) is 4.66. The van der Waals surface area contributed by atoms with Crippen LogP contribution in [0.3, 0.4) is 0 Å². The lowest BCUT2D eigenvalue weighted by atomic mass is 10.1. The van der Waals surface area contributed by atoms with Gasteiger partial charge in [0, 0.05) is 34.5 Å². The maximum Gasteiger partial charge on any atom is 0.339 e. The summed E-state index contributed by atoms with van der Waals surface area (Å²) in [5, 5.41) is 13.5. The summed E-state index contributed by atoms with van der Waals surface area (Å²) in [6.07, 6.45) is 5.63. The van der Waals surface area contributed by atoms with Crippen LogP contribution < -0.4 is 5.32 Å². The molecule has 0 aliphatic heterocycles. The van der Waals surface area contributed by atoms with Crippen molar-refractivity contribution in [3.63, 3.8) is 0 Å². The molecule has 2 aromatic heterocycles. The number of fused-ring (bicyclic) bond motifs is 1. The number of carboxylic acids is 1. The Hall–Kier alpha value is -3.74. The number of pyridine rings is 1. The zero-order valence-corrected chi connectivity index (χ0v) is 16.5. The van der Waals surface area contributed by atoms with Crippen LogP contribution >= 0.6 is 0 Å². The molecule has 31 heavy (non-hydrogen) atoms. The van der Waals surface area contributed by atoms with Gasteiger partial charge in [0.05, 0.1) is 6.54 Å². The molecule has 0 spiro atoms. The van der Waals surface area contributed by atoms with Crippen molar-refractivity contribution in [1.29, 1.82) is 0 Å². The van der Waals surface area contributed by atoms with Crippen LogP contribution in [-0.2, 0) is 6.54 Å². The standard InChI is InChI=1S/C24H19F2N3O2/c25-20-2-1-3-21(26)19(20)13-29-9-8-15-10-17(6-7-22(15)29)28-23-18(24(30)31)11-16(12-27-23)14-4-5-14/h1-3,6-12,14H,4-5,13H2,(H,27,28)(H,30,31). The molecule has 1 saturated carbocycles. The molecule has 0 atom stereocenters. The van der Waals surface area contributed by atoms with Gasteiger partial charge in [0.25, 0.3) is 0 Å². The lowest BCUT2D eigenvalue weighted by molar-refractivity contribution is 0.0697. The minimum absolute atomic E-state index is 0.00764. The molecule has 2 aromatic carbocycles. The second kappa shape index (κ2) is 7.50. The van der Waals surface area contributed by atoms with E-state index in [9.17, 15) is 18.7 Å². The number of aromatic carboxylic acids is 1. The van der Waals surface area contributed by atoms with E-state index >= 15 is 0 Å². The highest BCUT2D eigenvalue weighted by Gasteiger charge is 2.26. The van der Waals surface area contributed by atoms with Gasteiger partial charge in [-0.2, -0.15) is 0 Å². The number of rotatable bonds is 6. The molecular formula is C24H19F2N3O2. The number of benzene rings is 2. The zero-order chi connectivity index (χ0) is 21.5. The monoisotopic (exact) mass is 419 g/mol. The molecule has 0 radical (unpaired) electrons. The van der Waals surface area contributed by atoms with Crippen LogP contribution in [0.2, 0.25) is 0 Å². The molecular weight excluding hydrogens is 400 g/mol. The van der Waals surface area contributed by atoms with Gasteiger partial charge in [-0.25, -0.2) is 18.6 Å². The Morgan fingerprint density at radius 3 is 2.61 bits per heavy atom. The van der Waals surface area contributed by atoms with E-state index in [0.717, 1.165) is 29.3 Å². The number of aromatic nitrogens is 2. The van der Waals surface area contributed by atoms with Crippen molar-refractivity contribution >= 4 is 28.4 Å². The van der Waals surface area contributed by atoms with Gasteiger partial charge in [-0.05, 0) is 66.8 Å². The van der Waals surface area contributed by atoms with Crippen molar-refractivity contribution < 1.29 is 18.7 Å². The molecule has 1 aliphatic carbocycles. The molecule has 0 saturated heterocycles. The van der Waals surface area contributed by atoms with E-state index < -0.39 is 17.6 Å². The minimum atomic E-state index is -1.03. The fraction of sp³-hybridized carbons (Fsp3) is 0.167. The quantitative estimate of drug-likeness (QED) is 0.422. The Morgan fingerprint density at radius 1 is 1.13 bits per heavy atom. The van der Waals surface area contributed by atoms with Crippen molar-refractivity contribution in [3.8, 4) is 0 Å². The van der Waals surface area contributed by atoms with Crippen LogP contribution in [0.1, 0.15) is 40.2 Å². The van der Waals surface area contributed by atoms with Gasteiger partial charge in [-0.3, -0.25) is 0 Å². The summed E-state index contributed by atoms with van der Waals surface area (Å²) in [4.78, 5) is 16.0. The molecule has 7 heteroatoms. The third-order valence-electron chi connectivity index (χ3n) is 5.61. The smallest absolute Gasteiger partial charge is 0.339 e. The Labute approximate surface area is 177 Å². The Bertz CT molecular complexity index is 1290. The number of nitrogens with zero attached hydrogens (tertiary/aromatic N) is 2. The lowest BCUT2D eigenvalue weighted by Gasteiger charge is -2.11. The number of carbonyl (C=O) groups is 1. The van der Waals surface area contributed by atoms with Gasteiger partial charge >= 0.3 is 5.97 Å². The Balaban J connectivity index is 1.43. The highest BCUT2D eigenvalue weighted by molar-refractivity contribution is 5.94. The molecule has 4 aromatic rings. The summed E-state index contributed by atoms with van der Waals surface area (Å²) in [7, 11) is 0. The average Bonchev–Trinajstić information content (AvgIpc) is 3.52. The lowest BCUT2D eigenvalue weighted by Crippen LogP contribution is -2.06. The van der Waals surface area contributed by atoms with E-state index in [-0.39, 0.29) is 23.5 Å². The second-order valence-corrected chi connectivity index (χ2v) is 7.79. The number of hydrogen-bond acceptors (Lipinski definition) is 3. The van der Waals surface area contributed by atoms with E-state index in [1.54, 1.807) is 29.1 Å². The van der Waals surface area contributed by atoms with Crippen LogP contribution in [0.15, 0.2) is 60.9 Å². The van der Waals surface area contributed by atoms with Gasteiger partial charge in [0.15, 0.2) is 0 Å². The largest absolute Gasteiger partial charge is 0.478 e. The van der Waals surface area contributed by atoms with Gasteiger partial charge < -0.3 is 15.0 Å². The molecule has 1 aliphatic rings. The van der Waals surface area contributed by atoms with E-state index in [1.165, 1.54) is 18.2 Å². The van der Waals surface area contributed by atoms with Gasteiger partial charge in [-0.1, -0.05) is 6.07 Å². The van der Waals surface area contributed by atoms with E-state index in [4.69, 9.17) is 0 Å². The maximum absolute atomic E-state index is 14.0. The Morgan fingerprint density at radius 2 is 1.90 bits per heavy atom. The summed E-state index contributed by atoms with van der Waals surface area (Å²) in [6.45, 7) is 0.0716. The van der Waals surface area contributed by atoms with Crippen LogP contribution in [0.5, 0.6) is 0 Å². The normalized spacial score (nSPS) is 13.5. The molecule has 5 nitrogen and oxygen atoms in total. The molecule has 1 fully saturated rings. The first-order valence-electron chi connectivity index (χ1n) is 10.0. The maximum atomic E-state index is 14.0. The third kappa shape index (κ3) is 3.74. The molecule has 0 amide bonds. The van der Waals surface area contributed by atoms with Gasteiger partial charge in [0.1, 0.15) is 23.0 Å². The summed E-state index contributed by atoms with van der Waals surface area (Å²) >= 11 is 0. The predicted molar refractivity (Wildman–Crippen MR) is 114 cm³/mol. The summed E-state index contributed by atoms with van der Waals surface area (Å²) in [5.41, 5.74) is 2.58. The first-order valence-corrected chi connectivity index (χ1v) is 10.0. The van der Waals surface area contributed by atoms with E-state index in [1.807, 2.05) is 18.2 Å². The summed E-state index contributed by atoms with van der Waals surface area (Å²) in [6, 6.07) is 12.8. The van der Waals surface area contributed by atoms with Crippen LogP contribution in [0, 0.1) is 11.6 Å². The second-order valence-electron chi connectivity index (χ2n) is 7.79. The van der Waals surface area contributed by atoms with E-state index in [2.05, 4.69) is 10.3 Å². The van der Waals surface area contributed by atoms with Crippen molar-refractivity contribution in [2.24, 2.45) is 0 Å². The SMILES string of the molecule is O=C(O)c1cc(C2CC2)cnc1Nc1ccc2c(ccn2Cc2c(F)cccc2F)c1. The fourth-order valence-corrected chi connectivity index (χ4v) is 3.79. The molecule has 0 unspecified atom stereocenters.